The van der Waals surface area contributed by atoms with Gasteiger partial charge >= 0.3 is 0 Å². The van der Waals surface area contributed by atoms with Gasteiger partial charge in [-0.05, 0) is 31.0 Å². The molecule has 1 aromatic rings. The Morgan fingerprint density at radius 3 is 2.22 bits per heavy atom. The predicted octanol–water partition coefficient (Wildman–Crippen LogP) is 0.629. The minimum absolute atomic E-state index is 0.235. The summed E-state index contributed by atoms with van der Waals surface area (Å²) in [4.78, 5) is 0. The number of aryl methyl sites for hydroxylation is 1. The Bertz CT molecular complexity index is 663. The third-order valence-corrected chi connectivity index (χ3v) is 5.86. The summed E-state index contributed by atoms with van der Waals surface area (Å²) < 4.78 is 47.6. The van der Waals surface area contributed by atoms with Gasteiger partial charge in [0.15, 0.2) is 14.9 Å². The lowest BCUT2D eigenvalue weighted by Gasteiger charge is -2.14. The van der Waals surface area contributed by atoms with Crippen LogP contribution >= 0.6 is 0 Å². The summed E-state index contributed by atoms with van der Waals surface area (Å²) in [5, 5.41) is -0.965. The van der Waals surface area contributed by atoms with Gasteiger partial charge in [-0.15, -0.1) is 0 Å². The average Bonchev–Trinajstić information content (AvgIpc) is 2.15. The van der Waals surface area contributed by atoms with Crippen molar-refractivity contribution in [2.45, 2.75) is 13.8 Å². The van der Waals surface area contributed by atoms with Gasteiger partial charge in [0, 0.05) is 6.26 Å². The van der Waals surface area contributed by atoms with Gasteiger partial charge < -0.3 is 5.73 Å². The molecule has 8 heteroatoms. The minimum Gasteiger partial charge on any atom is -0.397 e. The van der Waals surface area contributed by atoms with Crippen LogP contribution in [0.3, 0.4) is 0 Å². The molecule has 0 amide bonds. The van der Waals surface area contributed by atoms with Crippen LogP contribution in [-0.2, 0) is 19.9 Å². The largest absolute Gasteiger partial charge is 0.397 e. The van der Waals surface area contributed by atoms with E-state index in [1.807, 2.05) is 6.92 Å². The van der Waals surface area contributed by atoms with Crippen molar-refractivity contribution in [3.05, 3.63) is 23.3 Å². The molecule has 0 saturated heterocycles. The smallest absolute Gasteiger partial charge is 0.247 e. The fourth-order valence-electron chi connectivity index (χ4n) is 1.44. The molecule has 0 aliphatic rings. The molecule has 1 aromatic carbocycles. The zero-order chi connectivity index (χ0) is 14.1. The highest BCUT2D eigenvalue weighted by Gasteiger charge is 2.20. The van der Waals surface area contributed by atoms with Crippen LogP contribution in [-0.4, -0.2) is 28.2 Å². The number of anilines is 2. The maximum atomic E-state index is 11.7. The van der Waals surface area contributed by atoms with E-state index in [0.717, 1.165) is 11.8 Å². The van der Waals surface area contributed by atoms with Crippen molar-refractivity contribution < 1.29 is 16.8 Å². The number of nitrogen functional groups attached to an aromatic ring is 1. The fraction of sp³-hybridized carbons (Fsp3) is 0.400. The molecule has 102 valence electrons. The molecule has 1 rings (SSSR count). The Hall–Kier alpha value is -1.28. The minimum atomic E-state index is -3.97. The summed E-state index contributed by atoms with van der Waals surface area (Å²) in [5.74, 6) is 0. The van der Waals surface area contributed by atoms with Crippen molar-refractivity contribution in [1.29, 1.82) is 0 Å². The first kappa shape index (κ1) is 14.8. The van der Waals surface area contributed by atoms with Crippen molar-refractivity contribution in [2.75, 3.05) is 21.8 Å². The molecule has 0 spiro atoms. The highest BCUT2D eigenvalue weighted by atomic mass is 32.3. The number of nitrogens with two attached hydrogens (primary N) is 1. The van der Waals surface area contributed by atoms with E-state index >= 15 is 0 Å². The molecule has 0 aliphatic carbocycles. The van der Waals surface area contributed by atoms with Crippen LogP contribution in [0.15, 0.2) is 12.1 Å². The third kappa shape index (κ3) is 3.88. The van der Waals surface area contributed by atoms with Gasteiger partial charge in [-0.3, -0.25) is 4.72 Å². The second-order valence-electron chi connectivity index (χ2n) is 4.23. The SMILES string of the molecule is Cc1ccc(N)c(NS(=O)(=O)CS(C)(=O)=O)c1C. The van der Waals surface area contributed by atoms with Crippen molar-refractivity contribution in [2.24, 2.45) is 0 Å². The van der Waals surface area contributed by atoms with Crippen LogP contribution in [0.2, 0.25) is 0 Å². The van der Waals surface area contributed by atoms with Crippen molar-refractivity contribution in [1.82, 2.24) is 0 Å². The van der Waals surface area contributed by atoms with E-state index in [2.05, 4.69) is 4.72 Å². The molecule has 0 bridgehead atoms. The van der Waals surface area contributed by atoms with E-state index in [1.165, 1.54) is 0 Å². The number of hydrogen-bond acceptors (Lipinski definition) is 5. The van der Waals surface area contributed by atoms with Crippen molar-refractivity contribution in [3.63, 3.8) is 0 Å². The van der Waals surface area contributed by atoms with Gasteiger partial charge in [0.1, 0.15) is 0 Å². The first-order valence-electron chi connectivity index (χ1n) is 5.06. The summed E-state index contributed by atoms with van der Waals surface area (Å²) in [6, 6.07) is 3.33. The summed E-state index contributed by atoms with van der Waals surface area (Å²) in [7, 11) is -7.60. The molecule has 0 heterocycles. The van der Waals surface area contributed by atoms with E-state index in [9.17, 15) is 16.8 Å². The van der Waals surface area contributed by atoms with Gasteiger partial charge in [0.2, 0.25) is 10.0 Å². The maximum Gasteiger partial charge on any atom is 0.247 e. The second kappa shape index (κ2) is 4.77. The lowest BCUT2D eigenvalue weighted by Crippen LogP contribution is -2.23. The Balaban J connectivity index is 3.17. The third-order valence-electron chi connectivity index (χ3n) is 2.39. The number of sulfonamides is 1. The van der Waals surface area contributed by atoms with Crippen LogP contribution in [0.25, 0.3) is 0 Å². The molecule has 0 unspecified atom stereocenters. The standard InChI is InChI=1S/C10H16N2O4S2/c1-7-4-5-9(11)10(8(7)2)12-18(15,16)6-17(3,13)14/h4-5,12H,6,11H2,1-3H3. The molecular weight excluding hydrogens is 276 g/mol. The average molecular weight is 292 g/mol. The molecule has 6 nitrogen and oxygen atoms in total. The Morgan fingerprint density at radius 1 is 1.17 bits per heavy atom. The Labute approximate surface area is 107 Å². The van der Waals surface area contributed by atoms with E-state index in [1.54, 1.807) is 19.1 Å². The van der Waals surface area contributed by atoms with Gasteiger partial charge in [-0.25, -0.2) is 16.8 Å². The van der Waals surface area contributed by atoms with Crippen LogP contribution < -0.4 is 10.5 Å². The molecule has 3 N–H and O–H groups in total. The Kier molecular flexibility index (Phi) is 3.92. The highest BCUT2D eigenvalue weighted by molar-refractivity contribution is 8.08. The molecular formula is C10H16N2O4S2. The molecule has 0 atom stereocenters. The van der Waals surface area contributed by atoms with E-state index in [0.29, 0.717) is 5.56 Å². The van der Waals surface area contributed by atoms with Gasteiger partial charge in [-0.2, -0.15) is 0 Å². The van der Waals surface area contributed by atoms with E-state index in [-0.39, 0.29) is 11.4 Å². The monoisotopic (exact) mass is 292 g/mol. The molecule has 0 saturated carbocycles. The zero-order valence-electron chi connectivity index (χ0n) is 10.4. The van der Waals surface area contributed by atoms with Gasteiger partial charge in [-0.1, -0.05) is 6.07 Å². The number of sulfone groups is 1. The summed E-state index contributed by atoms with van der Waals surface area (Å²) in [6.07, 6.45) is 0.860. The van der Waals surface area contributed by atoms with Crippen LogP contribution in [0.1, 0.15) is 11.1 Å². The summed E-state index contributed by atoms with van der Waals surface area (Å²) in [6.45, 7) is 3.52. The molecule has 0 fully saturated rings. The summed E-state index contributed by atoms with van der Waals surface area (Å²) >= 11 is 0. The normalized spacial score (nSPS) is 12.4. The summed E-state index contributed by atoms with van der Waals surface area (Å²) in [5.41, 5.74) is 7.71. The second-order valence-corrected chi connectivity index (χ2v) is 8.46. The topological polar surface area (TPSA) is 106 Å². The number of hydrogen-bond donors (Lipinski definition) is 2. The number of benzene rings is 1. The molecule has 0 aromatic heterocycles. The van der Waals surface area contributed by atoms with Gasteiger partial charge in [0.05, 0.1) is 11.4 Å². The van der Waals surface area contributed by atoms with Crippen molar-refractivity contribution in [3.8, 4) is 0 Å². The van der Waals surface area contributed by atoms with Crippen LogP contribution in [0, 0.1) is 13.8 Å². The first-order valence-corrected chi connectivity index (χ1v) is 8.77. The lowest BCUT2D eigenvalue weighted by atomic mass is 10.1. The molecule has 18 heavy (non-hydrogen) atoms. The zero-order valence-corrected chi connectivity index (χ0v) is 12.0. The van der Waals surface area contributed by atoms with Crippen LogP contribution in [0.4, 0.5) is 11.4 Å². The quantitative estimate of drug-likeness (QED) is 0.792. The highest BCUT2D eigenvalue weighted by Crippen LogP contribution is 2.26. The molecule has 0 aliphatic heterocycles. The predicted molar refractivity (Wildman–Crippen MR) is 72.6 cm³/mol. The number of nitrogens with one attached hydrogen (secondary N) is 1. The molecule has 0 radical (unpaired) electrons. The maximum absolute atomic E-state index is 11.7. The Morgan fingerprint density at radius 2 is 1.72 bits per heavy atom. The fourth-order valence-corrected chi connectivity index (χ4v) is 4.51. The number of rotatable bonds is 4. The van der Waals surface area contributed by atoms with Gasteiger partial charge in [0.25, 0.3) is 0 Å². The lowest BCUT2D eigenvalue weighted by molar-refractivity contribution is 0.595. The van der Waals surface area contributed by atoms with Crippen LogP contribution in [0.5, 0.6) is 0 Å². The first-order chi connectivity index (χ1) is 8.02. The van der Waals surface area contributed by atoms with E-state index in [4.69, 9.17) is 5.73 Å². The van der Waals surface area contributed by atoms with E-state index < -0.39 is 24.9 Å². The van der Waals surface area contributed by atoms with Crippen molar-refractivity contribution >= 4 is 31.2 Å².